The van der Waals surface area contributed by atoms with Crippen LogP contribution in [-0.4, -0.2) is 29.0 Å². The molecule has 0 radical (unpaired) electrons. The van der Waals surface area contributed by atoms with Crippen LogP contribution in [0, 0.1) is 5.92 Å². The maximum Gasteiger partial charge on any atom is 0.260 e. The Bertz CT molecular complexity index is 1550. The molecule has 3 aromatic carbocycles. The highest BCUT2D eigenvalue weighted by Crippen LogP contribution is 2.59. The number of carbonyl (C=O) groups excluding carboxylic acids is 2. The quantitative estimate of drug-likeness (QED) is 0.224. The summed E-state index contributed by atoms with van der Waals surface area (Å²) in [4.78, 5) is 28.8. The van der Waals surface area contributed by atoms with Crippen molar-refractivity contribution in [3.8, 4) is 11.5 Å². The smallest absolute Gasteiger partial charge is 0.260 e. The SMILES string of the molecule is C=CCc1cccc(C2C(C=C)=CCC3C(=O)N(Nc4ccc(Cl)cc4Cl)C(=O)C32c2ccc(OC)cc2)c1O. The van der Waals surface area contributed by atoms with Crippen molar-refractivity contribution in [3.05, 3.63) is 124 Å². The van der Waals surface area contributed by atoms with E-state index in [1.807, 2.05) is 18.2 Å². The molecule has 0 aromatic heterocycles. The van der Waals surface area contributed by atoms with Gasteiger partial charge in [0.15, 0.2) is 0 Å². The zero-order valence-corrected chi connectivity index (χ0v) is 23.4. The van der Waals surface area contributed by atoms with Gasteiger partial charge in [-0.25, -0.2) is 0 Å². The van der Waals surface area contributed by atoms with E-state index in [9.17, 15) is 14.7 Å². The van der Waals surface area contributed by atoms with E-state index >= 15 is 0 Å². The van der Waals surface area contributed by atoms with E-state index in [2.05, 4.69) is 18.6 Å². The third-order valence-electron chi connectivity index (χ3n) is 7.80. The minimum atomic E-state index is -1.40. The number of carbonyl (C=O) groups is 2. The number of methoxy groups -OCH3 is 1. The summed E-state index contributed by atoms with van der Waals surface area (Å²) < 4.78 is 5.37. The van der Waals surface area contributed by atoms with Gasteiger partial charge in [-0.05, 0) is 59.9 Å². The number of hydrogen-bond acceptors (Lipinski definition) is 5. The maximum absolute atomic E-state index is 14.8. The molecular formula is C32H28Cl2N2O4. The van der Waals surface area contributed by atoms with Crippen LogP contribution in [0.4, 0.5) is 5.69 Å². The first-order chi connectivity index (χ1) is 19.3. The number of fused-ring (bicyclic) bond motifs is 1. The van der Waals surface area contributed by atoms with Crippen molar-refractivity contribution < 1.29 is 19.4 Å². The summed E-state index contributed by atoms with van der Waals surface area (Å²) >= 11 is 12.5. The van der Waals surface area contributed by atoms with Crippen LogP contribution in [0.5, 0.6) is 11.5 Å². The number of phenolic OH excluding ortho intramolecular Hbond substituents is 1. The molecule has 0 spiro atoms. The summed E-state index contributed by atoms with van der Waals surface area (Å²) in [5.74, 6) is -1.70. The fourth-order valence-corrected chi connectivity index (χ4v) is 6.44. The molecule has 0 saturated carbocycles. The van der Waals surface area contributed by atoms with E-state index in [-0.39, 0.29) is 10.8 Å². The number of halogens is 2. The molecule has 5 rings (SSSR count). The molecule has 3 atom stereocenters. The zero-order valence-electron chi connectivity index (χ0n) is 21.9. The molecule has 3 aromatic rings. The van der Waals surface area contributed by atoms with E-state index in [1.54, 1.807) is 61.7 Å². The standard InChI is InChI=1S/C32H28Cl2N2O4/c1-4-7-20-8-6-9-24(29(20)37)28-19(5-2)10-16-25-30(38)36(35-27-17-13-22(33)18-26(27)34)31(39)32(25,28)21-11-14-23(40-3)15-12-21/h4-6,8-15,17-18,25,28,35,37H,1-2,7,16H2,3H3. The second kappa shape index (κ2) is 10.9. The van der Waals surface area contributed by atoms with Crippen LogP contribution in [0.25, 0.3) is 0 Å². The van der Waals surface area contributed by atoms with Crippen LogP contribution in [-0.2, 0) is 21.4 Å². The monoisotopic (exact) mass is 574 g/mol. The van der Waals surface area contributed by atoms with Crippen LogP contribution < -0.4 is 10.2 Å². The van der Waals surface area contributed by atoms with Crippen LogP contribution in [0.1, 0.15) is 29.0 Å². The van der Waals surface area contributed by atoms with Crippen LogP contribution in [0.15, 0.2) is 97.6 Å². The molecule has 204 valence electrons. The lowest BCUT2D eigenvalue weighted by Gasteiger charge is -2.43. The normalized spacial score (nSPS) is 22.0. The molecule has 3 unspecified atom stereocenters. The van der Waals surface area contributed by atoms with Crippen molar-refractivity contribution in [2.75, 3.05) is 12.5 Å². The Kier molecular flexibility index (Phi) is 7.49. The number of amides is 2. The Balaban J connectivity index is 1.76. The van der Waals surface area contributed by atoms with E-state index < -0.39 is 29.1 Å². The molecule has 6 nitrogen and oxygen atoms in total. The number of benzene rings is 3. The number of rotatable bonds is 8. The van der Waals surface area contributed by atoms with Crippen molar-refractivity contribution in [1.29, 1.82) is 0 Å². The van der Waals surface area contributed by atoms with Crippen molar-refractivity contribution in [1.82, 2.24) is 5.01 Å². The first kappa shape index (κ1) is 27.6. The highest BCUT2D eigenvalue weighted by molar-refractivity contribution is 6.36. The van der Waals surface area contributed by atoms with Gasteiger partial charge in [0.2, 0.25) is 0 Å². The lowest BCUT2D eigenvalue weighted by Crippen LogP contribution is -2.48. The second-order valence-electron chi connectivity index (χ2n) is 9.79. The minimum Gasteiger partial charge on any atom is -0.507 e. The average Bonchev–Trinajstić information content (AvgIpc) is 3.17. The molecular weight excluding hydrogens is 547 g/mol. The lowest BCUT2D eigenvalue weighted by molar-refractivity contribution is -0.138. The predicted molar refractivity (Wildman–Crippen MR) is 158 cm³/mol. The number of para-hydroxylation sites is 1. The Morgan fingerprint density at radius 1 is 1.12 bits per heavy atom. The Labute approximate surface area is 243 Å². The van der Waals surface area contributed by atoms with Gasteiger partial charge in [-0.2, -0.15) is 5.01 Å². The van der Waals surface area contributed by atoms with Crippen molar-refractivity contribution in [2.45, 2.75) is 24.2 Å². The maximum atomic E-state index is 14.8. The van der Waals surface area contributed by atoms with E-state index in [1.165, 1.54) is 6.07 Å². The molecule has 2 aliphatic rings. The number of hydrazine groups is 1. The lowest BCUT2D eigenvalue weighted by atomic mass is 9.56. The summed E-state index contributed by atoms with van der Waals surface area (Å²) in [5.41, 5.74) is 4.47. The molecule has 2 amide bonds. The minimum absolute atomic E-state index is 0.0566. The number of phenols is 1. The van der Waals surface area contributed by atoms with E-state index in [0.29, 0.717) is 46.0 Å². The Hall–Kier alpha value is -4.00. The topological polar surface area (TPSA) is 78.9 Å². The van der Waals surface area contributed by atoms with Gasteiger partial charge in [0.25, 0.3) is 11.8 Å². The van der Waals surface area contributed by atoms with Crippen molar-refractivity contribution >= 4 is 40.7 Å². The van der Waals surface area contributed by atoms with Crippen LogP contribution >= 0.6 is 23.2 Å². The number of aromatic hydroxyl groups is 1. The predicted octanol–water partition coefficient (Wildman–Crippen LogP) is 6.99. The summed E-state index contributed by atoms with van der Waals surface area (Å²) in [5, 5.41) is 13.2. The molecule has 1 fully saturated rings. The van der Waals surface area contributed by atoms with Gasteiger partial charge in [0.05, 0.1) is 29.2 Å². The zero-order chi connectivity index (χ0) is 28.6. The van der Waals surface area contributed by atoms with Gasteiger partial charge in [-0.1, -0.05) is 78.3 Å². The number of anilines is 1. The van der Waals surface area contributed by atoms with Gasteiger partial charge < -0.3 is 9.84 Å². The first-order valence-corrected chi connectivity index (χ1v) is 13.5. The fraction of sp³-hybridized carbons (Fsp3) is 0.188. The molecule has 2 N–H and O–H groups in total. The largest absolute Gasteiger partial charge is 0.507 e. The molecule has 1 saturated heterocycles. The second-order valence-corrected chi connectivity index (χ2v) is 10.6. The molecule has 0 bridgehead atoms. The summed E-state index contributed by atoms with van der Waals surface area (Å²) in [6.45, 7) is 7.83. The van der Waals surface area contributed by atoms with Gasteiger partial charge in [0, 0.05) is 16.5 Å². The van der Waals surface area contributed by atoms with Crippen molar-refractivity contribution in [2.24, 2.45) is 5.92 Å². The fourth-order valence-electron chi connectivity index (χ4n) is 5.99. The van der Waals surface area contributed by atoms with Crippen LogP contribution in [0.3, 0.4) is 0 Å². The highest BCUT2D eigenvalue weighted by Gasteiger charge is 2.66. The third kappa shape index (κ3) is 4.28. The summed E-state index contributed by atoms with van der Waals surface area (Å²) in [7, 11) is 1.56. The Morgan fingerprint density at radius 3 is 2.52 bits per heavy atom. The number of allylic oxidation sites excluding steroid dienone is 4. The van der Waals surface area contributed by atoms with Gasteiger partial charge >= 0.3 is 0 Å². The molecule has 1 aliphatic carbocycles. The highest BCUT2D eigenvalue weighted by atomic mass is 35.5. The van der Waals surface area contributed by atoms with Gasteiger partial charge in [-0.15, -0.1) is 6.58 Å². The summed E-state index contributed by atoms with van der Waals surface area (Å²) in [6, 6.07) is 17.4. The number of ether oxygens (including phenoxy) is 1. The number of hydrogen-bond donors (Lipinski definition) is 2. The first-order valence-electron chi connectivity index (χ1n) is 12.8. The van der Waals surface area contributed by atoms with E-state index in [4.69, 9.17) is 27.9 Å². The van der Waals surface area contributed by atoms with E-state index in [0.717, 1.165) is 10.6 Å². The van der Waals surface area contributed by atoms with Crippen molar-refractivity contribution in [3.63, 3.8) is 0 Å². The third-order valence-corrected chi connectivity index (χ3v) is 8.34. The Morgan fingerprint density at radius 2 is 1.88 bits per heavy atom. The number of imide groups is 1. The molecule has 1 heterocycles. The summed E-state index contributed by atoms with van der Waals surface area (Å²) in [6.07, 6.45) is 6.06. The van der Waals surface area contributed by atoms with Gasteiger partial charge in [0.1, 0.15) is 11.5 Å². The average molecular weight is 575 g/mol. The molecule has 1 aliphatic heterocycles. The molecule has 40 heavy (non-hydrogen) atoms. The van der Waals surface area contributed by atoms with Gasteiger partial charge in [-0.3, -0.25) is 15.0 Å². The number of nitrogens with zero attached hydrogens (tertiary/aromatic N) is 1. The number of nitrogens with one attached hydrogen (secondary N) is 1. The molecule has 8 heteroatoms. The van der Waals surface area contributed by atoms with Crippen LogP contribution in [0.2, 0.25) is 10.0 Å².